The van der Waals surface area contributed by atoms with E-state index in [1.807, 2.05) is 0 Å². The van der Waals surface area contributed by atoms with Crippen LogP contribution in [0.3, 0.4) is 0 Å². The number of para-hydroxylation sites is 1. The van der Waals surface area contributed by atoms with Gasteiger partial charge in [-0.3, -0.25) is 19.8 Å². The Hall–Kier alpha value is -4.13. The Morgan fingerprint density at radius 1 is 0.927 bits per heavy atom. The van der Waals surface area contributed by atoms with E-state index in [-0.39, 0.29) is 30.6 Å². The number of ether oxygens (including phenoxy) is 1. The van der Waals surface area contributed by atoms with Crippen LogP contribution in [-0.2, 0) is 28.0 Å². The van der Waals surface area contributed by atoms with E-state index in [0.29, 0.717) is 5.56 Å². The maximum atomic E-state index is 13.8. The highest BCUT2D eigenvalue weighted by molar-refractivity contribution is 5.88. The van der Waals surface area contributed by atoms with E-state index in [1.54, 1.807) is 30.3 Å². The SMILES string of the molecule is C=CCCC(CC(O)C(CC(=O)COc1c(C(O)(O)O)cccc1C(O)(O)O)Cc1ccccc1)NC(=O)C(C(C)C)N1C(=O)NC(O)(O)C(O)(O)C1(O)O. The number of nitrogens with one attached hydrogen (secondary N) is 2. The maximum absolute atomic E-state index is 13.8. The van der Waals surface area contributed by atoms with Crippen molar-refractivity contribution in [1.29, 1.82) is 0 Å². The molecule has 15 N–H and O–H groups in total. The van der Waals surface area contributed by atoms with Crippen LogP contribution in [0.25, 0.3) is 0 Å². The molecular weight excluding hydrogens is 734 g/mol. The molecule has 1 aliphatic rings. The third kappa shape index (κ3) is 10.6. The molecule has 0 saturated carbocycles. The molecule has 20 heteroatoms. The first kappa shape index (κ1) is 45.3. The van der Waals surface area contributed by atoms with Gasteiger partial charge in [-0.2, -0.15) is 0 Å². The molecule has 1 heterocycles. The van der Waals surface area contributed by atoms with Crippen LogP contribution in [0.15, 0.2) is 61.2 Å². The number of rotatable bonds is 19. The summed E-state index contributed by atoms with van der Waals surface area (Å²) in [5.41, 5.74) is -1.02. The molecule has 4 atom stereocenters. The van der Waals surface area contributed by atoms with Gasteiger partial charge in [-0.25, -0.2) is 4.79 Å². The van der Waals surface area contributed by atoms with Gasteiger partial charge in [0.05, 0.1) is 17.2 Å². The molecule has 0 aliphatic carbocycles. The fourth-order valence-corrected chi connectivity index (χ4v) is 6.20. The van der Waals surface area contributed by atoms with Gasteiger partial charge in [0.2, 0.25) is 5.91 Å². The van der Waals surface area contributed by atoms with Gasteiger partial charge in [-0.15, -0.1) is 6.58 Å². The zero-order valence-corrected chi connectivity index (χ0v) is 29.9. The number of nitrogens with zero attached hydrogens (tertiary/aromatic N) is 1. The highest BCUT2D eigenvalue weighted by Crippen LogP contribution is 2.37. The third-order valence-corrected chi connectivity index (χ3v) is 9.05. The fourth-order valence-electron chi connectivity index (χ4n) is 6.20. The number of ketones is 1. The second-order valence-electron chi connectivity index (χ2n) is 13.8. The van der Waals surface area contributed by atoms with E-state index in [9.17, 15) is 80.8 Å². The number of aliphatic hydroxyl groups excluding tert-OH is 1. The van der Waals surface area contributed by atoms with Crippen molar-refractivity contribution in [3.63, 3.8) is 0 Å². The van der Waals surface area contributed by atoms with Crippen molar-refractivity contribution < 1.29 is 85.5 Å². The van der Waals surface area contributed by atoms with Gasteiger partial charge in [0.1, 0.15) is 18.4 Å². The van der Waals surface area contributed by atoms with Gasteiger partial charge in [-0.1, -0.05) is 56.3 Å². The van der Waals surface area contributed by atoms with Crippen LogP contribution in [0.4, 0.5) is 4.79 Å². The van der Waals surface area contributed by atoms with Crippen molar-refractivity contribution in [3.8, 4) is 5.75 Å². The summed E-state index contributed by atoms with van der Waals surface area (Å²) >= 11 is 0. The van der Waals surface area contributed by atoms with Gasteiger partial charge < -0.3 is 76.4 Å². The quantitative estimate of drug-likeness (QED) is 0.0481. The van der Waals surface area contributed by atoms with Crippen LogP contribution in [0.1, 0.15) is 56.2 Å². The Kier molecular flexibility index (Phi) is 14.3. The molecule has 1 fully saturated rings. The molecule has 4 unspecified atom stereocenters. The Morgan fingerprint density at radius 2 is 1.49 bits per heavy atom. The largest absolute Gasteiger partial charge is 0.485 e. The van der Waals surface area contributed by atoms with Crippen LogP contribution >= 0.6 is 0 Å². The minimum absolute atomic E-state index is 0.0804. The van der Waals surface area contributed by atoms with Crippen LogP contribution < -0.4 is 15.4 Å². The molecule has 3 rings (SSSR count). The summed E-state index contributed by atoms with van der Waals surface area (Å²) < 4.78 is 5.36. The molecule has 55 heavy (non-hydrogen) atoms. The van der Waals surface area contributed by atoms with Crippen molar-refractivity contribution in [3.05, 3.63) is 77.9 Å². The predicted octanol–water partition coefficient (Wildman–Crippen LogP) is -3.73. The predicted molar refractivity (Wildman–Crippen MR) is 184 cm³/mol. The molecule has 1 aliphatic heterocycles. The summed E-state index contributed by atoms with van der Waals surface area (Å²) in [7, 11) is 0. The lowest BCUT2D eigenvalue weighted by Crippen LogP contribution is -2.86. The fraction of sp³-hybridized carbons (Fsp3) is 0.514. The molecule has 2 aromatic carbocycles. The number of carbonyl (C=O) groups excluding carboxylic acids is 3. The van der Waals surface area contributed by atoms with E-state index < -0.39 is 107 Å². The Balaban J connectivity index is 1.89. The second-order valence-corrected chi connectivity index (χ2v) is 13.8. The molecule has 0 spiro atoms. The van der Waals surface area contributed by atoms with Crippen LogP contribution in [0.5, 0.6) is 5.75 Å². The van der Waals surface area contributed by atoms with Crippen LogP contribution in [0, 0.1) is 11.8 Å². The van der Waals surface area contributed by atoms with Crippen molar-refractivity contribution in [2.75, 3.05) is 6.61 Å². The lowest BCUT2D eigenvalue weighted by Gasteiger charge is -2.53. The smallest absolute Gasteiger partial charge is 0.326 e. The van der Waals surface area contributed by atoms with E-state index in [0.717, 1.165) is 18.2 Å². The average Bonchev–Trinajstić information content (AvgIpc) is 3.06. The minimum atomic E-state index is -4.24. The summed E-state index contributed by atoms with van der Waals surface area (Å²) in [6, 6.07) is 6.89. The molecular formula is C35H49N3O17. The van der Waals surface area contributed by atoms with E-state index >= 15 is 0 Å². The first-order valence-corrected chi connectivity index (χ1v) is 17.0. The molecule has 20 nitrogen and oxygen atoms in total. The molecule has 0 bridgehead atoms. The number of aliphatic hydroxyl groups is 13. The van der Waals surface area contributed by atoms with Crippen LogP contribution in [-0.4, -0.2) is 131 Å². The molecule has 306 valence electrons. The van der Waals surface area contributed by atoms with Crippen molar-refractivity contribution in [2.45, 2.75) is 93.7 Å². The van der Waals surface area contributed by atoms with Crippen molar-refractivity contribution in [2.24, 2.45) is 11.8 Å². The molecule has 1 saturated heterocycles. The molecule has 3 amide bonds. The standard InChI is InChI=1S/C35H49N3O17/c1-4-5-12-22(36-29(41)27(19(2)3)38-30(42)37-34(51,52)33(49,50)35(38,53)54)17-26(40)21(15-20-10-7-6-8-11-20)16-23(39)18-55-28-24(31(43,44)45)13-9-14-25(28)32(46,47)48/h4,6-11,13-14,19,21-22,26-27,40,43-54H,1,5,12,15-18H2,2-3H3,(H,36,41)(H,37,42). The van der Waals surface area contributed by atoms with Crippen molar-refractivity contribution in [1.82, 2.24) is 15.5 Å². The number of allylic oxidation sites excluding steroid dienone is 1. The average molecular weight is 784 g/mol. The highest BCUT2D eigenvalue weighted by atomic mass is 16.7. The number of Topliss-reactive ketones (excluding diaryl/α,β-unsaturated/α-hetero) is 1. The van der Waals surface area contributed by atoms with Gasteiger partial charge in [-0.05, 0) is 55.2 Å². The lowest BCUT2D eigenvalue weighted by atomic mass is 9.85. The normalized spacial score (nSPS) is 18.8. The van der Waals surface area contributed by atoms with Gasteiger partial charge in [0.15, 0.2) is 5.78 Å². The van der Waals surface area contributed by atoms with Crippen molar-refractivity contribution >= 4 is 17.7 Å². The van der Waals surface area contributed by atoms with E-state index in [4.69, 9.17) is 4.74 Å². The van der Waals surface area contributed by atoms with E-state index in [2.05, 4.69) is 11.9 Å². The Labute approximate surface area is 314 Å². The number of hydrogen-bond donors (Lipinski definition) is 15. The number of amides is 3. The number of carbonyl (C=O) groups is 3. The maximum Gasteiger partial charge on any atom is 0.326 e. The molecule has 2 aromatic rings. The van der Waals surface area contributed by atoms with Crippen LogP contribution in [0.2, 0.25) is 0 Å². The number of benzene rings is 2. The Morgan fingerprint density at radius 3 is 2.00 bits per heavy atom. The summed E-state index contributed by atoms with van der Waals surface area (Å²) in [6.45, 7) is 5.48. The third-order valence-electron chi connectivity index (χ3n) is 9.05. The molecule has 0 radical (unpaired) electrons. The molecule has 0 aromatic heterocycles. The zero-order valence-electron chi connectivity index (χ0n) is 29.9. The topological polar surface area (TPSA) is 351 Å². The first-order chi connectivity index (χ1) is 25.3. The van der Waals surface area contributed by atoms with E-state index in [1.165, 1.54) is 25.2 Å². The summed E-state index contributed by atoms with van der Waals surface area (Å²) in [4.78, 5) is 39.9. The van der Waals surface area contributed by atoms with Gasteiger partial charge in [0.25, 0.3) is 0 Å². The summed E-state index contributed by atoms with van der Waals surface area (Å²) in [6.07, 6.45) is -0.135. The van der Waals surface area contributed by atoms with Gasteiger partial charge >= 0.3 is 35.6 Å². The minimum Gasteiger partial charge on any atom is -0.485 e. The summed E-state index contributed by atoms with van der Waals surface area (Å²) in [5, 5.41) is 136. The number of hydrogen-bond acceptors (Lipinski definition) is 17. The zero-order chi connectivity index (χ0) is 41.7. The Bertz CT molecular complexity index is 1620. The first-order valence-electron chi connectivity index (χ1n) is 17.0. The monoisotopic (exact) mass is 783 g/mol. The number of urea groups is 1. The highest BCUT2D eigenvalue weighted by Gasteiger charge is 2.72. The lowest BCUT2D eigenvalue weighted by molar-refractivity contribution is -0.496. The second kappa shape index (κ2) is 17.3. The van der Waals surface area contributed by atoms with Gasteiger partial charge in [0, 0.05) is 12.5 Å². The summed E-state index contributed by atoms with van der Waals surface area (Å²) in [5.74, 6) is -24.1.